The maximum Gasteiger partial charge on any atom is 0.115 e. The molecule has 20 heavy (non-hydrogen) atoms. The number of hydrogen-bond donors (Lipinski definition) is 1. The lowest BCUT2D eigenvalue weighted by Crippen LogP contribution is -2.16. The van der Waals surface area contributed by atoms with Crippen molar-refractivity contribution in [1.82, 2.24) is 9.97 Å². The molecule has 0 amide bonds. The third kappa shape index (κ3) is 2.88. The first-order valence-electron chi connectivity index (χ1n) is 7.47. The topological polar surface area (TPSA) is 51.8 Å². The molecule has 104 valence electrons. The molecule has 1 aromatic carbocycles. The average molecular weight is 267 g/mol. The second-order valence-corrected chi connectivity index (χ2v) is 5.53. The summed E-state index contributed by atoms with van der Waals surface area (Å²) in [5.74, 6) is 0. The van der Waals surface area contributed by atoms with Gasteiger partial charge in [0.2, 0.25) is 0 Å². The van der Waals surface area contributed by atoms with E-state index in [1.54, 1.807) is 6.33 Å². The minimum atomic E-state index is 0.0125. The Morgan fingerprint density at radius 2 is 1.80 bits per heavy atom. The van der Waals surface area contributed by atoms with Crippen molar-refractivity contribution < 1.29 is 0 Å². The Kier molecular flexibility index (Phi) is 4.07. The fourth-order valence-corrected chi connectivity index (χ4v) is 2.97. The van der Waals surface area contributed by atoms with Gasteiger partial charge in [-0.2, -0.15) is 0 Å². The number of nitrogens with two attached hydrogens (primary N) is 1. The van der Waals surface area contributed by atoms with Gasteiger partial charge in [-0.1, -0.05) is 36.8 Å². The van der Waals surface area contributed by atoms with Crippen molar-refractivity contribution in [2.45, 2.75) is 44.6 Å². The molecule has 0 spiro atoms. The van der Waals surface area contributed by atoms with Crippen LogP contribution in [0.5, 0.6) is 0 Å². The van der Waals surface area contributed by atoms with Crippen molar-refractivity contribution in [3.63, 3.8) is 0 Å². The van der Waals surface area contributed by atoms with E-state index in [9.17, 15) is 0 Å². The summed E-state index contributed by atoms with van der Waals surface area (Å²) in [4.78, 5) is 8.98. The molecule has 0 saturated carbocycles. The summed E-state index contributed by atoms with van der Waals surface area (Å²) in [5, 5.41) is 0. The summed E-state index contributed by atoms with van der Waals surface area (Å²) in [6.45, 7) is 0. The van der Waals surface area contributed by atoms with Crippen LogP contribution in [0.1, 0.15) is 47.8 Å². The maximum absolute atomic E-state index is 6.34. The van der Waals surface area contributed by atoms with Crippen LogP contribution < -0.4 is 5.73 Å². The molecule has 0 saturated heterocycles. The first-order chi connectivity index (χ1) is 9.84. The van der Waals surface area contributed by atoms with E-state index in [1.165, 1.54) is 36.1 Å². The lowest BCUT2D eigenvalue weighted by atomic mass is 9.98. The van der Waals surface area contributed by atoms with Crippen LogP contribution >= 0.6 is 0 Å². The molecule has 2 aromatic rings. The minimum Gasteiger partial charge on any atom is -0.324 e. The summed E-state index contributed by atoms with van der Waals surface area (Å²) < 4.78 is 0. The first-order valence-corrected chi connectivity index (χ1v) is 7.47. The third-order valence-corrected chi connectivity index (χ3v) is 4.11. The molecule has 0 fully saturated rings. The van der Waals surface area contributed by atoms with Crippen LogP contribution in [0, 0.1) is 0 Å². The minimum absolute atomic E-state index is 0.0125. The number of rotatable bonds is 3. The van der Waals surface area contributed by atoms with Gasteiger partial charge in [0.05, 0.1) is 0 Å². The molecule has 3 rings (SSSR count). The van der Waals surface area contributed by atoms with Crippen LogP contribution in [0.4, 0.5) is 0 Å². The van der Waals surface area contributed by atoms with E-state index in [1.807, 2.05) is 18.2 Å². The number of aryl methyl sites for hydroxylation is 1. The van der Waals surface area contributed by atoms with Crippen molar-refractivity contribution in [2.75, 3.05) is 0 Å². The molecule has 0 bridgehead atoms. The van der Waals surface area contributed by atoms with Gasteiger partial charge >= 0.3 is 0 Å². The zero-order chi connectivity index (χ0) is 13.8. The van der Waals surface area contributed by atoms with Crippen molar-refractivity contribution >= 4 is 0 Å². The molecule has 1 aliphatic carbocycles. The van der Waals surface area contributed by atoms with Crippen LogP contribution in [-0.2, 0) is 19.3 Å². The molecule has 1 atom stereocenters. The summed E-state index contributed by atoms with van der Waals surface area (Å²) in [5.41, 5.74) is 11.3. The quantitative estimate of drug-likeness (QED) is 0.870. The van der Waals surface area contributed by atoms with Crippen LogP contribution in [0.2, 0.25) is 0 Å². The average Bonchev–Trinajstić information content (AvgIpc) is 2.74. The molecular formula is C17H21N3. The largest absolute Gasteiger partial charge is 0.324 e. The van der Waals surface area contributed by atoms with Crippen LogP contribution in [0.25, 0.3) is 0 Å². The van der Waals surface area contributed by atoms with E-state index in [-0.39, 0.29) is 6.04 Å². The first kappa shape index (κ1) is 13.3. The van der Waals surface area contributed by atoms with Crippen molar-refractivity contribution in [3.05, 3.63) is 59.2 Å². The Labute approximate surface area is 120 Å². The summed E-state index contributed by atoms with van der Waals surface area (Å²) in [6.07, 6.45) is 8.48. The van der Waals surface area contributed by atoms with Gasteiger partial charge in [0.25, 0.3) is 0 Å². The summed E-state index contributed by atoms with van der Waals surface area (Å²) >= 11 is 0. The number of hydrogen-bond acceptors (Lipinski definition) is 3. The Morgan fingerprint density at radius 3 is 2.65 bits per heavy atom. The van der Waals surface area contributed by atoms with E-state index in [2.05, 4.69) is 22.1 Å². The second-order valence-electron chi connectivity index (χ2n) is 5.53. The fourth-order valence-electron chi connectivity index (χ4n) is 2.97. The van der Waals surface area contributed by atoms with Gasteiger partial charge in [-0.25, -0.2) is 9.97 Å². The molecule has 2 N–H and O–H groups in total. The number of aromatic nitrogens is 2. The molecule has 1 unspecified atom stereocenters. The van der Waals surface area contributed by atoms with Crippen LogP contribution in [-0.4, -0.2) is 9.97 Å². The molecule has 1 aromatic heterocycles. The highest BCUT2D eigenvalue weighted by Crippen LogP contribution is 2.24. The van der Waals surface area contributed by atoms with E-state index in [0.717, 1.165) is 25.0 Å². The molecular weight excluding hydrogens is 246 g/mol. The van der Waals surface area contributed by atoms with Gasteiger partial charge in [0, 0.05) is 23.9 Å². The van der Waals surface area contributed by atoms with Crippen molar-refractivity contribution in [1.29, 1.82) is 0 Å². The third-order valence-electron chi connectivity index (χ3n) is 4.11. The molecule has 3 nitrogen and oxygen atoms in total. The number of fused-ring (bicyclic) bond motifs is 1. The summed E-state index contributed by atoms with van der Waals surface area (Å²) in [6, 6.07) is 10.3. The van der Waals surface area contributed by atoms with Crippen molar-refractivity contribution in [2.24, 2.45) is 5.73 Å². The zero-order valence-electron chi connectivity index (χ0n) is 11.8. The second kappa shape index (κ2) is 6.14. The summed E-state index contributed by atoms with van der Waals surface area (Å²) in [7, 11) is 0. The molecule has 3 heteroatoms. The van der Waals surface area contributed by atoms with Crippen LogP contribution in [0.15, 0.2) is 36.7 Å². The highest BCUT2D eigenvalue weighted by atomic mass is 14.9. The van der Waals surface area contributed by atoms with E-state index >= 15 is 0 Å². The van der Waals surface area contributed by atoms with Gasteiger partial charge in [0.15, 0.2) is 0 Å². The fraction of sp³-hybridized carbons (Fsp3) is 0.412. The predicted molar refractivity (Wildman–Crippen MR) is 80.4 cm³/mol. The monoisotopic (exact) mass is 267 g/mol. The lowest BCUT2D eigenvalue weighted by Gasteiger charge is -2.15. The smallest absolute Gasteiger partial charge is 0.115 e. The van der Waals surface area contributed by atoms with Gasteiger partial charge < -0.3 is 5.73 Å². The van der Waals surface area contributed by atoms with E-state index < -0.39 is 0 Å². The Hall–Kier alpha value is -1.74. The van der Waals surface area contributed by atoms with Crippen molar-refractivity contribution in [3.8, 4) is 0 Å². The Morgan fingerprint density at radius 1 is 1.00 bits per heavy atom. The van der Waals surface area contributed by atoms with E-state index in [4.69, 9.17) is 5.73 Å². The number of nitrogens with zero attached hydrogens (tertiary/aromatic N) is 2. The Bertz CT molecular complexity index is 566. The number of benzene rings is 1. The van der Waals surface area contributed by atoms with Crippen LogP contribution in [0.3, 0.4) is 0 Å². The van der Waals surface area contributed by atoms with Gasteiger partial charge in [0.1, 0.15) is 6.33 Å². The van der Waals surface area contributed by atoms with Gasteiger partial charge in [-0.05, 0) is 36.8 Å². The molecule has 1 aliphatic rings. The molecule has 1 heterocycles. The maximum atomic E-state index is 6.34. The molecule has 0 aliphatic heterocycles. The Balaban J connectivity index is 1.84. The normalized spacial score (nSPS) is 16.2. The highest BCUT2D eigenvalue weighted by Gasteiger charge is 2.16. The predicted octanol–water partition coefficient (Wildman–Crippen LogP) is 2.99. The van der Waals surface area contributed by atoms with E-state index in [0.29, 0.717) is 0 Å². The SMILES string of the molecule is NC(Cc1ncnc2c1CCCCC2)c1ccccc1. The zero-order valence-corrected chi connectivity index (χ0v) is 11.8. The lowest BCUT2D eigenvalue weighted by molar-refractivity contribution is 0.686. The standard InChI is InChI=1S/C17H21N3/c18-15(13-7-3-1-4-8-13)11-17-14-9-5-2-6-10-16(14)19-12-20-17/h1,3-4,7-8,12,15H,2,5-6,9-11,18H2. The van der Waals surface area contributed by atoms with Gasteiger partial charge in [-0.15, -0.1) is 0 Å². The van der Waals surface area contributed by atoms with Gasteiger partial charge in [-0.3, -0.25) is 0 Å². The highest BCUT2D eigenvalue weighted by molar-refractivity contribution is 5.29. The molecule has 0 radical (unpaired) electrons.